The summed E-state index contributed by atoms with van der Waals surface area (Å²) in [6.07, 6.45) is 4.64. The lowest BCUT2D eigenvalue weighted by Gasteiger charge is -2.26. The fourth-order valence-electron chi connectivity index (χ4n) is 1.69. The van der Waals surface area contributed by atoms with Crippen LogP contribution in [0, 0.1) is 0 Å². The van der Waals surface area contributed by atoms with E-state index in [1.54, 1.807) is 6.92 Å². The number of carboxylic acids is 1. The Morgan fingerprint density at radius 3 is 2.69 bits per heavy atom. The molecule has 4 heteroatoms. The van der Waals surface area contributed by atoms with Crippen LogP contribution in [0.25, 0.3) is 0 Å². The summed E-state index contributed by atoms with van der Waals surface area (Å²) in [5.41, 5.74) is -0.781. The van der Waals surface area contributed by atoms with Crippen LogP contribution in [0.1, 0.15) is 46.0 Å². The molecule has 1 aliphatic rings. The summed E-state index contributed by atoms with van der Waals surface area (Å²) in [6, 6.07) is 0.415. The summed E-state index contributed by atoms with van der Waals surface area (Å²) in [4.78, 5) is 11.2. The van der Waals surface area contributed by atoms with Crippen molar-refractivity contribution in [1.82, 2.24) is 5.32 Å². The second-order valence-electron chi connectivity index (χ2n) is 4.77. The van der Waals surface area contributed by atoms with Crippen molar-refractivity contribution in [3.05, 3.63) is 0 Å². The molecule has 1 atom stereocenters. The molecule has 16 heavy (non-hydrogen) atoms. The average Bonchev–Trinajstić information content (AvgIpc) is 3.01. The minimum absolute atomic E-state index is 0.415. The third kappa shape index (κ3) is 4.49. The van der Waals surface area contributed by atoms with Gasteiger partial charge in [0.2, 0.25) is 0 Å². The van der Waals surface area contributed by atoms with E-state index in [-0.39, 0.29) is 0 Å². The number of carbonyl (C=O) groups is 1. The first-order valence-electron chi connectivity index (χ1n) is 6.17. The standard InChI is InChI=1S/C12H23NO3/c1-3-8-16-9-4-7-12(2,11(14)15)13-10-5-6-10/h10,13H,3-9H2,1-2H3,(H,14,15). The lowest BCUT2D eigenvalue weighted by Crippen LogP contribution is -2.50. The molecule has 1 unspecified atom stereocenters. The first-order valence-corrected chi connectivity index (χ1v) is 6.17. The molecular formula is C12H23NO3. The topological polar surface area (TPSA) is 58.6 Å². The Balaban J connectivity index is 2.23. The average molecular weight is 229 g/mol. The third-order valence-electron chi connectivity index (χ3n) is 2.89. The number of aliphatic carboxylic acids is 1. The van der Waals surface area contributed by atoms with Gasteiger partial charge in [-0.2, -0.15) is 0 Å². The smallest absolute Gasteiger partial charge is 0.323 e. The summed E-state index contributed by atoms with van der Waals surface area (Å²) in [6.45, 7) is 5.26. The van der Waals surface area contributed by atoms with Gasteiger partial charge in [-0.25, -0.2) is 0 Å². The fraction of sp³-hybridized carbons (Fsp3) is 0.917. The van der Waals surface area contributed by atoms with Crippen LogP contribution < -0.4 is 5.32 Å². The van der Waals surface area contributed by atoms with Crippen molar-refractivity contribution in [3.63, 3.8) is 0 Å². The maximum atomic E-state index is 11.2. The molecule has 2 N–H and O–H groups in total. The van der Waals surface area contributed by atoms with Gasteiger partial charge in [0, 0.05) is 19.3 Å². The van der Waals surface area contributed by atoms with Crippen molar-refractivity contribution in [2.75, 3.05) is 13.2 Å². The number of ether oxygens (including phenoxy) is 1. The molecule has 1 aliphatic carbocycles. The highest BCUT2D eigenvalue weighted by Gasteiger charge is 2.37. The van der Waals surface area contributed by atoms with Gasteiger partial charge in [0.15, 0.2) is 0 Å². The van der Waals surface area contributed by atoms with E-state index in [0.717, 1.165) is 32.3 Å². The third-order valence-corrected chi connectivity index (χ3v) is 2.89. The first kappa shape index (κ1) is 13.5. The quantitative estimate of drug-likeness (QED) is 0.592. The van der Waals surface area contributed by atoms with Crippen molar-refractivity contribution < 1.29 is 14.6 Å². The maximum Gasteiger partial charge on any atom is 0.323 e. The van der Waals surface area contributed by atoms with Crippen LogP contribution >= 0.6 is 0 Å². The van der Waals surface area contributed by atoms with E-state index in [1.807, 2.05) is 0 Å². The summed E-state index contributed by atoms with van der Waals surface area (Å²) >= 11 is 0. The maximum absolute atomic E-state index is 11.2. The van der Waals surface area contributed by atoms with Crippen LogP contribution in [-0.2, 0) is 9.53 Å². The van der Waals surface area contributed by atoms with Gasteiger partial charge in [0.05, 0.1) is 0 Å². The molecule has 0 aromatic carbocycles. The Morgan fingerprint density at radius 2 is 2.19 bits per heavy atom. The number of hydrogen-bond donors (Lipinski definition) is 2. The second kappa shape index (κ2) is 6.21. The molecular weight excluding hydrogens is 206 g/mol. The first-order chi connectivity index (χ1) is 7.58. The molecule has 1 saturated carbocycles. The van der Waals surface area contributed by atoms with Crippen LogP contribution in [0.3, 0.4) is 0 Å². The molecule has 0 radical (unpaired) electrons. The van der Waals surface area contributed by atoms with Crippen LogP contribution in [0.2, 0.25) is 0 Å². The molecule has 0 spiro atoms. The van der Waals surface area contributed by atoms with Gasteiger partial charge in [-0.3, -0.25) is 10.1 Å². The molecule has 1 fully saturated rings. The molecule has 4 nitrogen and oxygen atoms in total. The Bertz CT molecular complexity index is 228. The van der Waals surface area contributed by atoms with E-state index in [9.17, 15) is 9.90 Å². The molecule has 0 heterocycles. The Labute approximate surface area is 97.4 Å². The molecule has 0 aromatic rings. The van der Waals surface area contributed by atoms with E-state index < -0.39 is 11.5 Å². The van der Waals surface area contributed by atoms with Crippen molar-refractivity contribution in [3.8, 4) is 0 Å². The summed E-state index contributed by atoms with van der Waals surface area (Å²) in [7, 11) is 0. The van der Waals surface area contributed by atoms with Gasteiger partial charge < -0.3 is 9.84 Å². The van der Waals surface area contributed by atoms with Crippen molar-refractivity contribution in [2.45, 2.75) is 57.5 Å². The van der Waals surface area contributed by atoms with Gasteiger partial charge in [0.1, 0.15) is 5.54 Å². The number of rotatable bonds is 9. The lowest BCUT2D eigenvalue weighted by molar-refractivity contribution is -0.144. The zero-order chi connectivity index (χ0) is 12.0. The van der Waals surface area contributed by atoms with Crippen LogP contribution in [0.4, 0.5) is 0 Å². The van der Waals surface area contributed by atoms with E-state index in [2.05, 4.69) is 12.2 Å². The van der Waals surface area contributed by atoms with Crippen LogP contribution in [0.15, 0.2) is 0 Å². The predicted octanol–water partition coefficient (Wildman–Crippen LogP) is 1.79. The zero-order valence-electron chi connectivity index (χ0n) is 10.3. The normalized spacial score (nSPS) is 19.4. The van der Waals surface area contributed by atoms with E-state index in [1.165, 1.54) is 0 Å². The van der Waals surface area contributed by atoms with Crippen molar-refractivity contribution >= 4 is 5.97 Å². The highest BCUT2D eigenvalue weighted by molar-refractivity contribution is 5.78. The van der Waals surface area contributed by atoms with Gasteiger partial charge in [0.25, 0.3) is 0 Å². The zero-order valence-corrected chi connectivity index (χ0v) is 10.3. The largest absolute Gasteiger partial charge is 0.480 e. The fourth-order valence-corrected chi connectivity index (χ4v) is 1.69. The number of nitrogens with one attached hydrogen (secondary N) is 1. The number of carboxylic acid groups (broad SMARTS) is 1. The molecule has 0 aromatic heterocycles. The summed E-state index contributed by atoms with van der Waals surface area (Å²) < 4.78 is 5.36. The van der Waals surface area contributed by atoms with Crippen molar-refractivity contribution in [2.24, 2.45) is 0 Å². The second-order valence-corrected chi connectivity index (χ2v) is 4.77. The van der Waals surface area contributed by atoms with Crippen LogP contribution in [0.5, 0.6) is 0 Å². The highest BCUT2D eigenvalue weighted by atomic mass is 16.5. The lowest BCUT2D eigenvalue weighted by atomic mass is 9.96. The summed E-state index contributed by atoms with van der Waals surface area (Å²) in [5, 5.41) is 12.4. The molecule has 0 bridgehead atoms. The SMILES string of the molecule is CCCOCCCC(C)(NC1CC1)C(=O)O. The van der Waals surface area contributed by atoms with Crippen molar-refractivity contribution in [1.29, 1.82) is 0 Å². The predicted molar refractivity (Wildman–Crippen MR) is 62.5 cm³/mol. The van der Waals surface area contributed by atoms with E-state index >= 15 is 0 Å². The molecule has 94 valence electrons. The van der Waals surface area contributed by atoms with E-state index in [4.69, 9.17) is 4.74 Å². The molecule has 1 rings (SSSR count). The summed E-state index contributed by atoms with van der Waals surface area (Å²) in [5.74, 6) is -0.755. The highest BCUT2D eigenvalue weighted by Crippen LogP contribution is 2.25. The van der Waals surface area contributed by atoms with Gasteiger partial charge in [-0.05, 0) is 39.0 Å². The van der Waals surface area contributed by atoms with Crippen LogP contribution in [-0.4, -0.2) is 35.9 Å². The van der Waals surface area contributed by atoms with Gasteiger partial charge >= 0.3 is 5.97 Å². The molecule has 0 aliphatic heterocycles. The Morgan fingerprint density at radius 1 is 1.50 bits per heavy atom. The monoisotopic (exact) mass is 229 g/mol. The Hall–Kier alpha value is -0.610. The van der Waals surface area contributed by atoms with E-state index in [0.29, 0.717) is 19.1 Å². The van der Waals surface area contributed by atoms with Gasteiger partial charge in [-0.15, -0.1) is 0 Å². The molecule has 0 saturated heterocycles. The van der Waals surface area contributed by atoms with Gasteiger partial charge in [-0.1, -0.05) is 6.92 Å². The Kier molecular flexibility index (Phi) is 5.22. The number of hydrogen-bond acceptors (Lipinski definition) is 3. The molecule has 0 amide bonds. The minimum Gasteiger partial charge on any atom is -0.480 e. The minimum atomic E-state index is -0.781.